The van der Waals surface area contributed by atoms with Crippen molar-refractivity contribution in [3.05, 3.63) is 72.2 Å². The van der Waals surface area contributed by atoms with Gasteiger partial charge >= 0.3 is 0 Å². The van der Waals surface area contributed by atoms with Crippen LogP contribution >= 0.6 is 0 Å². The van der Waals surface area contributed by atoms with Crippen molar-refractivity contribution in [2.24, 2.45) is 5.92 Å². The molecule has 3 aromatic rings. The number of hydrogen-bond donors (Lipinski definition) is 2. The molecule has 204 valence electrons. The van der Waals surface area contributed by atoms with Gasteiger partial charge in [0.15, 0.2) is 11.5 Å². The molecule has 1 saturated carbocycles. The van der Waals surface area contributed by atoms with Gasteiger partial charge < -0.3 is 25.4 Å². The average molecular weight is 529 g/mol. The standard InChI is InChI=1S/C30H36N6O3/c1-6-24(37)35-21-13-11-20(12-14-21)30(3)27(26-28(31)32-17-33-29(26)36(30)4)19-10-15-22(23(16-19)38-5)39-25-9-7-8-18(2)34-25/h6-10,15-17,20-21,27H,1,11-14H2,2-5H3,(H,35,37)(H2,31,32,33)/t20-,21-,27?,30?. The van der Waals surface area contributed by atoms with Crippen molar-refractivity contribution in [1.29, 1.82) is 0 Å². The Morgan fingerprint density at radius 1 is 1.18 bits per heavy atom. The molecule has 0 saturated heterocycles. The van der Waals surface area contributed by atoms with E-state index >= 15 is 0 Å². The van der Waals surface area contributed by atoms with E-state index in [4.69, 9.17) is 15.2 Å². The number of fused-ring (bicyclic) bond motifs is 1. The Morgan fingerprint density at radius 3 is 2.64 bits per heavy atom. The van der Waals surface area contributed by atoms with E-state index in [1.165, 1.54) is 12.4 Å². The number of nitrogens with zero attached hydrogens (tertiary/aromatic N) is 4. The minimum absolute atomic E-state index is 0.0944. The first-order chi connectivity index (χ1) is 18.8. The van der Waals surface area contributed by atoms with Crippen LogP contribution in [0.15, 0.2) is 55.4 Å². The van der Waals surface area contributed by atoms with Crippen molar-refractivity contribution in [3.8, 4) is 17.4 Å². The van der Waals surface area contributed by atoms with Gasteiger partial charge in [-0.15, -0.1) is 0 Å². The quantitative estimate of drug-likeness (QED) is 0.422. The molecule has 9 heteroatoms. The number of amides is 1. The van der Waals surface area contributed by atoms with Crippen molar-refractivity contribution >= 4 is 17.5 Å². The molecule has 0 radical (unpaired) electrons. The molecular weight excluding hydrogens is 492 g/mol. The summed E-state index contributed by atoms with van der Waals surface area (Å²) >= 11 is 0. The Bertz CT molecular complexity index is 1390. The van der Waals surface area contributed by atoms with Crippen molar-refractivity contribution in [2.45, 2.75) is 57.0 Å². The van der Waals surface area contributed by atoms with Crippen molar-refractivity contribution in [1.82, 2.24) is 20.3 Å². The summed E-state index contributed by atoms with van der Waals surface area (Å²) in [6.07, 6.45) is 6.58. The fourth-order valence-corrected chi connectivity index (χ4v) is 6.39. The van der Waals surface area contributed by atoms with Crippen LogP contribution in [0.4, 0.5) is 11.6 Å². The zero-order valence-electron chi connectivity index (χ0n) is 23.0. The number of carbonyl (C=O) groups excluding carboxylic acids is 1. The monoisotopic (exact) mass is 528 g/mol. The second-order valence-electron chi connectivity index (χ2n) is 10.6. The second kappa shape index (κ2) is 10.6. The van der Waals surface area contributed by atoms with E-state index in [1.807, 2.05) is 37.3 Å². The van der Waals surface area contributed by atoms with Crippen LogP contribution in [0.2, 0.25) is 0 Å². The first kappa shape index (κ1) is 26.5. The summed E-state index contributed by atoms with van der Waals surface area (Å²) in [4.78, 5) is 27.6. The summed E-state index contributed by atoms with van der Waals surface area (Å²) in [7, 11) is 3.73. The number of carbonyl (C=O) groups is 1. The fraction of sp³-hybridized carbons (Fsp3) is 0.400. The Balaban J connectivity index is 1.51. The maximum Gasteiger partial charge on any atom is 0.243 e. The third kappa shape index (κ3) is 4.77. The van der Waals surface area contributed by atoms with Gasteiger partial charge in [-0.3, -0.25) is 4.79 Å². The van der Waals surface area contributed by atoms with E-state index in [0.717, 1.165) is 48.3 Å². The number of rotatable bonds is 7. The van der Waals surface area contributed by atoms with Crippen LogP contribution in [-0.2, 0) is 4.79 Å². The SMILES string of the molecule is C=CC(=O)N[C@H]1CC[C@H](C2(C)C(c3ccc(Oc4cccc(C)n4)c(OC)c3)c3c(N)ncnc3N2C)CC1. The number of ether oxygens (including phenoxy) is 2. The molecule has 5 rings (SSSR count). The minimum atomic E-state index is -0.328. The lowest BCUT2D eigenvalue weighted by molar-refractivity contribution is -0.117. The molecule has 3 heterocycles. The number of hydrogen-bond acceptors (Lipinski definition) is 8. The molecule has 0 bridgehead atoms. The number of pyridine rings is 1. The van der Waals surface area contributed by atoms with Crippen molar-refractivity contribution in [2.75, 3.05) is 24.8 Å². The predicted molar refractivity (Wildman–Crippen MR) is 151 cm³/mol. The van der Waals surface area contributed by atoms with Gasteiger partial charge in [-0.05, 0) is 75.3 Å². The van der Waals surface area contributed by atoms with Crippen LogP contribution < -0.4 is 25.4 Å². The number of nitrogens with one attached hydrogen (secondary N) is 1. The molecule has 2 atom stereocenters. The summed E-state index contributed by atoms with van der Waals surface area (Å²) in [6, 6.07) is 11.8. The molecule has 1 fully saturated rings. The average Bonchev–Trinajstić information content (AvgIpc) is 3.17. The summed E-state index contributed by atoms with van der Waals surface area (Å²) in [6.45, 7) is 7.80. The summed E-state index contributed by atoms with van der Waals surface area (Å²) < 4.78 is 11.9. The van der Waals surface area contributed by atoms with E-state index in [0.29, 0.717) is 29.1 Å². The van der Waals surface area contributed by atoms with E-state index in [1.54, 1.807) is 7.11 Å². The smallest absolute Gasteiger partial charge is 0.243 e. The Kier molecular flexibility index (Phi) is 7.16. The molecule has 0 spiro atoms. The molecule has 39 heavy (non-hydrogen) atoms. The van der Waals surface area contributed by atoms with E-state index in [-0.39, 0.29) is 23.4 Å². The minimum Gasteiger partial charge on any atom is -0.493 e. The number of likely N-dealkylation sites (N-methyl/N-ethyl adjacent to an activating group) is 1. The van der Waals surface area contributed by atoms with Crippen LogP contribution in [0.1, 0.15) is 55.3 Å². The summed E-state index contributed by atoms with van der Waals surface area (Å²) in [5.41, 5.74) is 9.05. The van der Waals surface area contributed by atoms with Gasteiger partial charge in [0.05, 0.1) is 12.6 Å². The zero-order chi connectivity index (χ0) is 27.7. The summed E-state index contributed by atoms with van der Waals surface area (Å²) in [5.74, 6) is 3.15. The third-order valence-corrected chi connectivity index (χ3v) is 8.49. The van der Waals surface area contributed by atoms with Crippen LogP contribution in [0.3, 0.4) is 0 Å². The van der Waals surface area contributed by atoms with Crippen molar-refractivity contribution in [3.63, 3.8) is 0 Å². The predicted octanol–water partition coefficient (Wildman–Crippen LogP) is 4.76. The zero-order valence-corrected chi connectivity index (χ0v) is 23.0. The lowest BCUT2D eigenvalue weighted by atomic mass is 9.66. The number of aromatic nitrogens is 3. The van der Waals surface area contributed by atoms with Gasteiger partial charge in [-0.1, -0.05) is 18.7 Å². The highest BCUT2D eigenvalue weighted by atomic mass is 16.5. The highest BCUT2D eigenvalue weighted by Gasteiger charge is 2.54. The van der Waals surface area contributed by atoms with E-state index in [9.17, 15) is 4.79 Å². The molecule has 9 nitrogen and oxygen atoms in total. The van der Waals surface area contributed by atoms with Gasteiger partial charge in [0.2, 0.25) is 11.8 Å². The molecule has 2 unspecified atom stereocenters. The van der Waals surface area contributed by atoms with Crippen LogP contribution in [-0.4, -0.2) is 46.6 Å². The first-order valence-corrected chi connectivity index (χ1v) is 13.3. The lowest BCUT2D eigenvalue weighted by Gasteiger charge is -2.47. The molecule has 1 amide bonds. The number of nitrogens with two attached hydrogens (primary N) is 1. The Labute approximate surface area is 229 Å². The largest absolute Gasteiger partial charge is 0.493 e. The maximum absolute atomic E-state index is 11.9. The van der Waals surface area contributed by atoms with Crippen molar-refractivity contribution < 1.29 is 14.3 Å². The number of methoxy groups -OCH3 is 1. The molecular formula is C30H36N6O3. The van der Waals surface area contributed by atoms with Gasteiger partial charge in [0.25, 0.3) is 0 Å². The maximum atomic E-state index is 11.9. The van der Waals surface area contributed by atoms with Gasteiger partial charge in [-0.25, -0.2) is 15.0 Å². The number of nitrogen functional groups attached to an aromatic ring is 1. The van der Waals surface area contributed by atoms with Crippen LogP contribution in [0.5, 0.6) is 17.4 Å². The molecule has 1 aromatic carbocycles. The Morgan fingerprint density at radius 2 is 1.95 bits per heavy atom. The normalized spacial score (nSPS) is 24.1. The van der Waals surface area contributed by atoms with Gasteiger partial charge in [0, 0.05) is 36.3 Å². The van der Waals surface area contributed by atoms with E-state index in [2.05, 4.69) is 51.8 Å². The number of aryl methyl sites for hydroxylation is 1. The Hall–Kier alpha value is -4.14. The third-order valence-electron chi connectivity index (χ3n) is 8.49. The molecule has 1 aliphatic carbocycles. The lowest BCUT2D eigenvalue weighted by Crippen LogP contribution is -2.53. The molecule has 2 aromatic heterocycles. The second-order valence-corrected chi connectivity index (χ2v) is 10.6. The molecule has 1 aliphatic heterocycles. The number of benzene rings is 1. The topological polar surface area (TPSA) is 115 Å². The fourth-order valence-electron chi connectivity index (χ4n) is 6.39. The highest BCUT2D eigenvalue weighted by molar-refractivity contribution is 5.87. The number of anilines is 2. The van der Waals surface area contributed by atoms with Gasteiger partial charge in [0.1, 0.15) is 18.0 Å². The molecule has 3 N–H and O–H groups in total. The molecule has 2 aliphatic rings. The summed E-state index contributed by atoms with van der Waals surface area (Å²) in [5, 5.41) is 3.07. The van der Waals surface area contributed by atoms with Gasteiger partial charge in [-0.2, -0.15) is 0 Å². The van der Waals surface area contributed by atoms with Crippen LogP contribution in [0, 0.1) is 12.8 Å². The highest BCUT2D eigenvalue weighted by Crippen LogP contribution is 2.57. The van der Waals surface area contributed by atoms with Crippen LogP contribution in [0.25, 0.3) is 0 Å². The first-order valence-electron chi connectivity index (χ1n) is 13.3. The van der Waals surface area contributed by atoms with E-state index < -0.39 is 0 Å².